The van der Waals surface area contributed by atoms with Gasteiger partial charge in [0.15, 0.2) is 0 Å². The number of benzene rings is 2. The Morgan fingerprint density at radius 2 is 1.86 bits per heavy atom. The van der Waals surface area contributed by atoms with Crippen molar-refractivity contribution >= 4 is 5.91 Å². The van der Waals surface area contributed by atoms with E-state index in [0.717, 1.165) is 19.5 Å². The molecule has 22 heavy (non-hydrogen) atoms. The first-order valence-electron chi connectivity index (χ1n) is 7.88. The van der Waals surface area contributed by atoms with Crippen LogP contribution in [0, 0.1) is 0 Å². The maximum atomic E-state index is 12.6. The molecule has 0 bridgehead atoms. The molecule has 1 aliphatic heterocycles. The van der Waals surface area contributed by atoms with E-state index in [0.29, 0.717) is 6.42 Å². The lowest BCUT2D eigenvalue weighted by molar-refractivity contribution is -0.133. The van der Waals surface area contributed by atoms with Gasteiger partial charge in [0.1, 0.15) is 0 Å². The summed E-state index contributed by atoms with van der Waals surface area (Å²) in [6, 6.07) is 18.9. The molecule has 3 nitrogen and oxygen atoms in total. The van der Waals surface area contributed by atoms with E-state index in [1.54, 1.807) is 0 Å². The maximum Gasteiger partial charge on any atom is 0.224 e. The Morgan fingerprint density at radius 3 is 2.64 bits per heavy atom. The Bertz CT molecular complexity index is 639. The first kappa shape index (κ1) is 14.8. The molecule has 1 aliphatic rings. The normalized spacial score (nSPS) is 17.1. The molecule has 0 aliphatic carbocycles. The van der Waals surface area contributed by atoms with Gasteiger partial charge in [0.25, 0.3) is 0 Å². The minimum absolute atomic E-state index is 0.0375. The van der Waals surface area contributed by atoms with Gasteiger partial charge in [-0.15, -0.1) is 0 Å². The number of nitrogens with zero attached hydrogens (tertiary/aromatic N) is 1. The lowest BCUT2D eigenvalue weighted by atomic mass is 9.88. The number of hydrogen-bond donors (Lipinski definition) is 1. The molecule has 0 fully saturated rings. The minimum Gasteiger partial charge on any atom is -0.331 e. The predicted molar refractivity (Wildman–Crippen MR) is 88.7 cm³/mol. The standard InChI is InChI=1S/C19H22N2O/c1-20-13-11-18(22)21-14-12-15-7-5-6-10-17(15)19(21)16-8-3-2-4-9-16/h2-10,19-20H,11-14H2,1H3. The highest BCUT2D eigenvalue weighted by Gasteiger charge is 2.31. The van der Waals surface area contributed by atoms with Crippen LogP contribution in [0.4, 0.5) is 0 Å². The first-order chi connectivity index (χ1) is 10.8. The largest absolute Gasteiger partial charge is 0.331 e. The van der Waals surface area contributed by atoms with E-state index in [9.17, 15) is 4.79 Å². The highest BCUT2D eigenvalue weighted by Crippen LogP contribution is 2.35. The predicted octanol–water partition coefficient (Wildman–Crippen LogP) is 2.77. The average molecular weight is 294 g/mol. The number of carbonyl (C=O) groups excluding carboxylic acids is 1. The third-order valence-electron chi connectivity index (χ3n) is 4.31. The molecule has 0 saturated carbocycles. The number of nitrogens with one attached hydrogen (secondary N) is 1. The Morgan fingerprint density at radius 1 is 1.14 bits per heavy atom. The summed E-state index contributed by atoms with van der Waals surface area (Å²) in [4.78, 5) is 14.7. The van der Waals surface area contributed by atoms with Crippen LogP contribution >= 0.6 is 0 Å². The van der Waals surface area contributed by atoms with Crippen molar-refractivity contribution in [2.75, 3.05) is 20.1 Å². The summed E-state index contributed by atoms with van der Waals surface area (Å²) in [6.45, 7) is 1.51. The number of rotatable bonds is 4. The molecule has 1 atom stereocenters. The number of fused-ring (bicyclic) bond motifs is 1. The third-order valence-corrected chi connectivity index (χ3v) is 4.31. The zero-order valence-electron chi connectivity index (χ0n) is 13.0. The second kappa shape index (κ2) is 6.75. The van der Waals surface area contributed by atoms with Crippen molar-refractivity contribution in [1.29, 1.82) is 0 Å². The van der Waals surface area contributed by atoms with Gasteiger partial charge in [-0.3, -0.25) is 4.79 Å². The molecule has 3 heteroatoms. The molecular weight excluding hydrogens is 272 g/mol. The van der Waals surface area contributed by atoms with Crippen LogP contribution in [0.2, 0.25) is 0 Å². The molecule has 1 amide bonds. The Kier molecular flexibility index (Phi) is 4.54. The minimum atomic E-state index is 0.0375. The summed E-state index contributed by atoms with van der Waals surface area (Å²) in [5.74, 6) is 0.220. The van der Waals surface area contributed by atoms with Gasteiger partial charge < -0.3 is 10.2 Å². The van der Waals surface area contributed by atoms with E-state index in [1.165, 1.54) is 16.7 Å². The number of amides is 1. The van der Waals surface area contributed by atoms with Crippen LogP contribution in [0.15, 0.2) is 54.6 Å². The van der Waals surface area contributed by atoms with Crippen molar-refractivity contribution in [3.8, 4) is 0 Å². The molecule has 0 spiro atoms. The highest BCUT2D eigenvalue weighted by atomic mass is 16.2. The SMILES string of the molecule is CNCCC(=O)N1CCc2ccccc2C1c1ccccc1. The number of carbonyl (C=O) groups is 1. The van der Waals surface area contributed by atoms with E-state index in [1.807, 2.05) is 30.1 Å². The lowest BCUT2D eigenvalue weighted by Crippen LogP contribution is -2.41. The maximum absolute atomic E-state index is 12.6. The first-order valence-corrected chi connectivity index (χ1v) is 7.88. The van der Waals surface area contributed by atoms with Crippen LogP contribution in [0.5, 0.6) is 0 Å². The van der Waals surface area contributed by atoms with Gasteiger partial charge in [0, 0.05) is 19.5 Å². The van der Waals surface area contributed by atoms with Crippen LogP contribution in [0.25, 0.3) is 0 Å². The third kappa shape index (κ3) is 2.90. The summed E-state index contributed by atoms with van der Waals surface area (Å²) in [7, 11) is 1.88. The van der Waals surface area contributed by atoms with E-state index in [2.05, 4.69) is 41.7 Å². The quantitative estimate of drug-likeness (QED) is 0.940. The second-order valence-corrected chi connectivity index (χ2v) is 5.70. The van der Waals surface area contributed by atoms with Crippen LogP contribution in [-0.4, -0.2) is 30.9 Å². The van der Waals surface area contributed by atoms with Crippen LogP contribution in [0.1, 0.15) is 29.2 Å². The zero-order valence-corrected chi connectivity index (χ0v) is 13.0. The molecule has 0 radical (unpaired) electrons. The Labute approximate surface area is 132 Å². The van der Waals surface area contributed by atoms with Gasteiger partial charge in [-0.1, -0.05) is 54.6 Å². The van der Waals surface area contributed by atoms with Crippen LogP contribution in [0.3, 0.4) is 0 Å². The van der Waals surface area contributed by atoms with Gasteiger partial charge in [0.05, 0.1) is 6.04 Å². The molecule has 3 rings (SSSR count). The molecule has 114 valence electrons. The molecule has 1 heterocycles. The summed E-state index contributed by atoms with van der Waals surface area (Å²) in [5, 5.41) is 3.06. The van der Waals surface area contributed by atoms with E-state index in [4.69, 9.17) is 0 Å². The fourth-order valence-corrected chi connectivity index (χ4v) is 3.21. The summed E-state index contributed by atoms with van der Waals surface area (Å²) in [5.41, 5.74) is 3.80. The molecule has 1 unspecified atom stereocenters. The smallest absolute Gasteiger partial charge is 0.224 e. The molecule has 0 aromatic heterocycles. The van der Waals surface area contributed by atoms with Crippen LogP contribution in [-0.2, 0) is 11.2 Å². The summed E-state index contributed by atoms with van der Waals surface area (Å²) < 4.78 is 0. The Balaban J connectivity index is 1.98. The van der Waals surface area contributed by atoms with Crippen molar-refractivity contribution in [3.63, 3.8) is 0 Å². The fourth-order valence-electron chi connectivity index (χ4n) is 3.21. The van der Waals surface area contributed by atoms with Crippen molar-refractivity contribution in [1.82, 2.24) is 10.2 Å². The van der Waals surface area contributed by atoms with E-state index in [-0.39, 0.29) is 11.9 Å². The van der Waals surface area contributed by atoms with Crippen molar-refractivity contribution in [2.24, 2.45) is 0 Å². The lowest BCUT2D eigenvalue weighted by Gasteiger charge is -2.38. The van der Waals surface area contributed by atoms with Crippen LogP contribution < -0.4 is 5.32 Å². The van der Waals surface area contributed by atoms with Gasteiger partial charge in [-0.05, 0) is 30.2 Å². The highest BCUT2D eigenvalue weighted by molar-refractivity contribution is 5.78. The van der Waals surface area contributed by atoms with Crippen molar-refractivity contribution < 1.29 is 4.79 Å². The Hall–Kier alpha value is -2.13. The average Bonchev–Trinajstić information content (AvgIpc) is 2.59. The molecule has 2 aromatic rings. The summed E-state index contributed by atoms with van der Waals surface area (Å²) >= 11 is 0. The molecule has 0 saturated heterocycles. The topological polar surface area (TPSA) is 32.3 Å². The van der Waals surface area contributed by atoms with Crippen molar-refractivity contribution in [2.45, 2.75) is 18.9 Å². The summed E-state index contributed by atoms with van der Waals surface area (Å²) in [6.07, 6.45) is 1.48. The molecule has 1 N–H and O–H groups in total. The van der Waals surface area contributed by atoms with Gasteiger partial charge in [-0.2, -0.15) is 0 Å². The van der Waals surface area contributed by atoms with E-state index < -0.39 is 0 Å². The monoisotopic (exact) mass is 294 g/mol. The van der Waals surface area contributed by atoms with Gasteiger partial charge in [0.2, 0.25) is 5.91 Å². The number of hydrogen-bond acceptors (Lipinski definition) is 2. The van der Waals surface area contributed by atoms with Gasteiger partial charge >= 0.3 is 0 Å². The molecule has 2 aromatic carbocycles. The van der Waals surface area contributed by atoms with Gasteiger partial charge in [-0.25, -0.2) is 0 Å². The molecular formula is C19H22N2O. The second-order valence-electron chi connectivity index (χ2n) is 5.70. The fraction of sp³-hybridized carbons (Fsp3) is 0.316. The van der Waals surface area contributed by atoms with E-state index >= 15 is 0 Å². The zero-order chi connectivity index (χ0) is 15.4. The van der Waals surface area contributed by atoms with Crippen molar-refractivity contribution in [3.05, 3.63) is 71.3 Å².